The molecule has 1 atom stereocenters. The molecule has 0 saturated heterocycles. The average Bonchev–Trinajstić information content (AvgIpc) is 2.60. The zero-order valence-electron chi connectivity index (χ0n) is 14.1. The summed E-state index contributed by atoms with van der Waals surface area (Å²) >= 11 is 0. The van der Waals surface area contributed by atoms with Gasteiger partial charge in [0.1, 0.15) is 5.82 Å². The lowest BCUT2D eigenvalue weighted by Crippen LogP contribution is -2.31. The van der Waals surface area contributed by atoms with Gasteiger partial charge in [0.05, 0.1) is 11.1 Å². The summed E-state index contributed by atoms with van der Waals surface area (Å²) in [6.07, 6.45) is 0. The Bertz CT molecular complexity index is 966. The molecule has 4 nitrogen and oxygen atoms in total. The fourth-order valence-corrected chi connectivity index (χ4v) is 3.00. The van der Waals surface area contributed by atoms with E-state index in [1.54, 1.807) is 11.9 Å². The van der Waals surface area contributed by atoms with E-state index in [9.17, 15) is 14.0 Å². The van der Waals surface area contributed by atoms with Crippen LogP contribution in [0.4, 0.5) is 4.39 Å². The van der Waals surface area contributed by atoms with Crippen LogP contribution in [-0.2, 0) is 0 Å². The van der Waals surface area contributed by atoms with Crippen LogP contribution >= 0.6 is 0 Å². The summed E-state index contributed by atoms with van der Waals surface area (Å²) in [5, 5.41) is 0.533. The van der Waals surface area contributed by atoms with Crippen LogP contribution in [0.3, 0.4) is 0 Å². The van der Waals surface area contributed by atoms with Crippen molar-refractivity contribution >= 4 is 16.8 Å². The molecule has 25 heavy (non-hydrogen) atoms. The summed E-state index contributed by atoms with van der Waals surface area (Å²) in [5.74, 6) is -0.565. The van der Waals surface area contributed by atoms with E-state index in [1.807, 2.05) is 37.3 Å². The minimum Gasteiger partial charge on any atom is -0.341 e. The van der Waals surface area contributed by atoms with E-state index in [2.05, 4.69) is 4.98 Å². The van der Waals surface area contributed by atoms with Crippen LogP contribution in [0, 0.1) is 5.82 Å². The number of H-pyrrole nitrogens is 1. The topological polar surface area (TPSA) is 53.2 Å². The highest BCUT2D eigenvalue weighted by molar-refractivity contribution is 6.05. The number of fused-ring (bicyclic) bond motifs is 1. The number of aromatic nitrogens is 1. The van der Waals surface area contributed by atoms with Crippen LogP contribution in [0.5, 0.6) is 0 Å². The van der Waals surface area contributed by atoms with E-state index < -0.39 is 11.4 Å². The standard InChI is InChI=1S/C20H19FN2O2/c1-13(14-6-4-3-5-7-14)12-23(2)20(25)17-11-19(24)22-18-10-15(21)8-9-16(17)18/h3-11,13H,12H2,1-2H3,(H,22,24)/t13-/m1/s1. The minimum atomic E-state index is -0.459. The number of amides is 1. The molecular weight excluding hydrogens is 319 g/mol. The number of rotatable bonds is 4. The number of halogens is 1. The Balaban J connectivity index is 1.90. The Morgan fingerprint density at radius 3 is 2.60 bits per heavy atom. The number of nitrogens with one attached hydrogen (secondary N) is 1. The summed E-state index contributed by atoms with van der Waals surface area (Å²) < 4.78 is 13.4. The maximum absolute atomic E-state index is 13.4. The molecule has 0 unspecified atom stereocenters. The van der Waals surface area contributed by atoms with Gasteiger partial charge in [-0.15, -0.1) is 0 Å². The molecule has 1 N–H and O–H groups in total. The van der Waals surface area contributed by atoms with E-state index in [1.165, 1.54) is 24.3 Å². The highest BCUT2D eigenvalue weighted by atomic mass is 19.1. The smallest absolute Gasteiger partial charge is 0.254 e. The molecule has 0 radical (unpaired) electrons. The summed E-state index contributed by atoms with van der Waals surface area (Å²) in [5.41, 5.74) is 1.31. The predicted molar refractivity (Wildman–Crippen MR) is 96.3 cm³/mol. The van der Waals surface area contributed by atoms with Gasteiger partial charge >= 0.3 is 0 Å². The van der Waals surface area contributed by atoms with Crippen molar-refractivity contribution in [2.75, 3.05) is 13.6 Å². The molecule has 0 aliphatic rings. The third-order valence-electron chi connectivity index (χ3n) is 4.30. The summed E-state index contributed by atoms with van der Waals surface area (Å²) in [6.45, 7) is 2.56. The molecule has 1 aromatic heterocycles. The molecule has 3 aromatic rings. The lowest BCUT2D eigenvalue weighted by atomic mass is 10.0. The fraction of sp³-hybridized carbons (Fsp3) is 0.200. The van der Waals surface area contributed by atoms with Crippen molar-refractivity contribution in [1.82, 2.24) is 9.88 Å². The van der Waals surface area contributed by atoms with E-state index in [0.29, 0.717) is 17.4 Å². The zero-order chi connectivity index (χ0) is 18.0. The SMILES string of the molecule is C[C@H](CN(C)C(=O)c1cc(=O)[nH]c2cc(F)ccc12)c1ccccc1. The molecule has 0 saturated carbocycles. The summed E-state index contributed by atoms with van der Waals surface area (Å²) in [7, 11) is 1.71. The Kier molecular flexibility index (Phi) is 4.65. The van der Waals surface area contributed by atoms with Gasteiger partial charge in [0.2, 0.25) is 5.56 Å². The minimum absolute atomic E-state index is 0.154. The maximum atomic E-state index is 13.4. The van der Waals surface area contributed by atoms with E-state index >= 15 is 0 Å². The quantitative estimate of drug-likeness (QED) is 0.791. The van der Waals surface area contributed by atoms with E-state index in [0.717, 1.165) is 5.56 Å². The maximum Gasteiger partial charge on any atom is 0.254 e. The summed E-state index contributed by atoms with van der Waals surface area (Å²) in [4.78, 5) is 28.8. The van der Waals surface area contributed by atoms with Gasteiger partial charge in [-0.1, -0.05) is 37.3 Å². The van der Waals surface area contributed by atoms with Gasteiger partial charge in [-0.2, -0.15) is 0 Å². The normalized spacial score (nSPS) is 12.1. The van der Waals surface area contributed by atoms with Crippen molar-refractivity contribution in [3.63, 3.8) is 0 Å². The number of hydrogen-bond acceptors (Lipinski definition) is 2. The second kappa shape index (κ2) is 6.89. The number of aromatic amines is 1. The van der Waals surface area contributed by atoms with Crippen molar-refractivity contribution in [1.29, 1.82) is 0 Å². The Labute approximate surface area is 144 Å². The number of pyridine rings is 1. The van der Waals surface area contributed by atoms with Crippen molar-refractivity contribution in [2.24, 2.45) is 0 Å². The number of hydrogen-bond donors (Lipinski definition) is 1. The Morgan fingerprint density at radius 2 is 1.88 bits per heavy atom. The first kappa shape index (κ1) is 16.9. The first-order valence-electron chi connectivity index (χ1n) is 8.08. The molecule has 128 valence electrons. The highest BCUT2D eigenvalue weighted by Crippen LogP contribution is 2.20. The molecule has 0 bridgehead atoms. The van der Waals surface area contributed by atoms with Gasteiger partial charge in [-0.05, 0) is 29.7 Å². The van der Waals surface area contributed by atoms with Crippen molar-refractivity contribution in [3.05, 3.63) is 81.9 Å². The second-order valence-electron chi connectivity index (χ2n) is 6.23. The highest BCUT2D eigenvalue weighted by Gasteiger charge is 2.18. The van der Waals surface area contributed by atoms with Crippen molar-refractivity contribution < 1.29 is 9.18 Å². The molecule has 0 aliphatic carbocycles. The van der Waals surface area contributed by atoms with E-state index in [4.69, 9.17) is 0 Å². The van der Waals surface area contributed by atoms with E-state index in [-0.39, 0.29) is 17.4 Å². The van der Waals surface area contributed by atoms with Crippen LogP contribution < -0.4 is 5.56 Å². The second-order valence-corrected chi connectivity index (χ2v) is 6.23. The first-order valence-corrected chi connectivity index (χ1v) is 8.08. The number of carbonyl (C=O) groups excluding carboxylic acids is 1. The van der Waals surface area contributed by atoms with Crippen molar-refractivity contribution in [2.45, 2.75) is 12.8 Å². The van der Waals surface area contributed by atoms with Gasteiger partial charge in [0.25, 0.3) is 5.91 Å². The third-order valence-corrected chi connectivity index (χ3v) is 4.30. The van der Waals surface area contributed by atoms with Crippen LogP contribution in [0.25, 0.3) is 10.9 Å². The molecule has 2 aromatic carbocycles. The Morgan fingerprint density at radius 1 is 1.16 bits per heavy atom. The van der Waals surface area contributed by atoms with Crippen LogP contribution in [-0.4, -0.2) is 29.4 Å². The fourth-order valence-electron chi connectivity index (χ4n) is 3.00. The molecule has 0 aliphatic heterocycles. The lowest BCUT2D eigenvalue weighted by Gasteiger charge is -2.22. The number of nitrogens with zero attached hydrogens (tertiary/aromatic N) is 1. The predicted octanol–water partition coefficient (Wildman–Crippen LogP) is 3.54. The summed E-state index contributed by atoms with van der Waals surface area (Å²) in [6, 6.07) is 15.2. The van der Waals surface area contributed by atoms with Gasteiger partial charge in [0, 0.05) is 25.0 Å². The molecule has 5 heteroatoms. The molecule has 3 rings (SSSR count). The van der Waals surface area contributed by atoms with Crippen LogP contribution in [0.1, 0.15) is 28.8 Å². The zero-order valence-corrected chi connectivity index (χ0v) is 14.1. The van der Waals surface area contributed by atoms with Gasteiger partial charge in [0.15, 0.2) is 0 Å². The largest absolute Gasteiger partial charge is 0.341 e. The Hall–Kier alpha value is -2.95. The third kappa shape index (κ3) is 3.60. The molecule has 1 heterocycles. The lowest BCUT2D eigenvalue weighted by molar-refractivity contribution is 0.0790. The molecular formula is C20H19FN2O2. The molecule has 0 fully saturated rings. The first-order chi connectivity index (χ1) is 12.0. The van der Waals surface area contributed by atoms with Gasteiger partial charge in [-0.25, -0.2) is 4.39 Å². The monoisotopic (exact) mass is 338 g/mol. The molecule has 1 amide bonds. The van der Waals surface area contributed by atoms with Gasteiger partial charge in [-0.3, -0.25) is 9.59 Å². The number of carbonyl (C=O) groups is 1. The van der Waals surface area contributed by atoms with Crippen LogP contribution in [0.2, 0.25) is 0 Å². The molecule has 0 spiro atoms. The number of benzene rings is 2. The number of likely N-dealkylation sites (N-methyl/N-ethyl adjacent to an activating group) is 1. The van der Waals surface area contributed by atoms with Crippen LogP contribution in [0.15, 0.2) is 59.4 Å². The van der Waals surface area contributed by atoms with Crippen molar-refractivity contribution in [3.8, 4) is 0 Å². The average molecular weight is 338 g/mol. The van der Waals surface area contributed by atoms with Gasteiger partial charge < -0.3 is 9.88 Å².